The zero-order chi connectivity index (χ0) is 19.8. The molecule has 28 heavy (non-hydrogen) atoms. The summed E-state index contributed by atoms with van der Waals surface area (Å²) in [5, 5.41) is 3.85. The van der Waals surface area contributed by atoms with Crippen molar-refractivity contribution in [1.29, 1.82) is 0 Å². The summed E-state index contributed by atoms with van der Waals surface area (Å²) in [6.07, 6.45) is 5.65. The molecule has 3 rings (SSSR count). The Morgan fingerprint density at radius 1 is 1.07 bits per heavy atom. The molecule has 0 aliphatic rings. The Kier molecular flexibility index (Phi) is 6.10. The van der Waals surface area contributed by atoms with Crippen molar-refractivity contribution in [2.45, 2.75) is 0 Å². The first-order valence-corrected chi connectivity index (χ1v) is 8.22. The molecular weight excluding hydrogens is 363 g/mol. The number of rotatable bonds is 6. The number of amides is 1. The third-order valence-corrected chi connectivity index (χ3v) is 3.49. The Bertz CT molecular complexity index is 1010. The minimum atomic E-state index is -0.560. The first-order valence-electron chi connectivity index (χ1n) is 8.22. The minimum absolute atomic E-state index is 0.282. The van der Waals surface area contributed by atoms with Crippen molar-refractivity contribution in [1.82, 2.24) is 5.43 Å². The van der Waals surface area contributed by atoms with E-state index in [0.29, 0.717) is 17.1 Å². The van der Waals surface area contributed by atoms with E-state index in [1.165, 1.54) is 48.9 Å². The molecule has 0 bridgehead atoms. The molecule has 0 spiro atoms. The quantitative estimate of drug-likeness (QED) is 0.233. The SMILES string of the molecule is O=C(/C=C/c1ccco1)Oc1cccc(/C=N/NC(=O)c2ccc(F)cc2)c1. The van der Waals surface area contributed by atoms with Crippen molar-refractivity contribution in [2.24, 2.45) is 5.10 Å². The third kappa shape index (κ3) is 5.50. The number of nitrogens with zero attached hydrogens (tertiary/aromatic N) is 1. The van der Waals surface area contributed by atoms with Gasteiger partial charge < -0.3 is 9.15 Å². The highest BCUT2D eigenvalue weighted by Gasteiger charge is 2.04. The van der Waals surface area contributed by atoms with E-state index in [9.17, 15) is 14.0 Å². The molecule has 0 radical (unpaired) electrons. The molecule has 0 saturated heterocycles. The van der Waals surface area contributed by atoms with Gasteiger partial charge in [-0.05, 0) is 60.2 Å². The molecule has 0 aliphatic carbocycles. The average Bonchev–Trinajstić information content (AvgIpc) is 3.21. The molecule has 1 amide bonds. The van der Waals surface area contributed by atoms with Gasteiger partial charge in [-0.1, -0.05) is 12.1 Å². The van der Waals surface area contributed by atoms with Gasteiger partial charge in [-0.3, -0.25) is 4.79 Å². The third-order valence-electron chi connectivity index (χ3n) is 3.49. The largest absolute Gasteiger partial charge is 0.465 e. The number of carbonyl (C=O) groups excluding carboxylic acids is 2. The lowest BCUT2D eigenvalue weighted by molar-refractivity contribution is -0.128. The van der Waals surface area contributed by atoms with Gasteiger partial charge in [-0.15, -0.1) is 0 Å². The van der Waals surface area contributed by atoms with Crippen LogP contribution >= 0.6 is 0 Å². The number of hydrogen-bond donors (Lipinski definition) is 1. The molecule has 1 N–H and O–H groups in total. The lowest BCUT2D eigenvalue weighted by Crippen LogP contribution is -2.17. The number of benzene rings is 2. The molecule has 0 atom stereocenters. The molecule has 0 saturated carbocycles. The van der Waals surface area contributed by atoms with Crippen LogP contribution in [0.1, 0.15) is 21.7 Å². The molecule has 3 aromatic rings. The van der Waals surface area contributed by atoms with Gasteiger partial charge in [0, 0.05) is 11.6 Å². The van der Waals surface area contributed by atoms with Crippen LogP contribution in [0, 0.1) is 5.82 Å². The van der Waals surface area contributed by atoms with E-state index >= 15 is 0 Å². The minimum Gasteiger partial charge on any atom is -0.465 e. The first kappa shape index (κ1) is 18.8. The van der Waals surface area contributed by atoms with E-state index in [1.54, 1.807) is 36.4 Å². The number of halogens is 1. The number of ether oxygens (including phenoxy) is 1. The number of carbonyl (C=O) groups is 2. The molecule has 1 heterocycles. The number of esters is 1. The molecule has 0 aliphatic heterocycles. The van der Waals surface area contributed by atoms with Gasteiger partial charge in [0.15, 0.2) is 0 Å². The van der Waals surface area contributed by atoms with Crippen LogP contribution in [0.25, 0.3) is 6.08 Å². The summed E-state index contributed by atoms with van der Waals surface area (Å²) >= 11 is 0. The molecular formula is C21H15FN2O4. The van der Waals surface area contributed by atoms with Crippen LogP contribution in [0.5, 0.6) is 5.75 Å². The maximum Gasteiger partial charge on any atom is 0.336 e. The van der Waals surface area contributed by atoms with E-state index in [4.69, 9.17) is 9.15 Å². The Balaban J connectivity index is 1.56. The monoisotopic (exact) mass is 378 g/mol. The molecule has 1 aromatic heterocycles. The Labute approximate surface area is 159 Å². The predicted molar refractivity (Wildman–Crippen MR) is 101 cm³/mol. The summed E-state index contributed by atoms with van der Waals surface area (Å²) in [5.74, 6) is -0.597. The summed E-state index contributed by atoms with van der Waals surface area (Å²) in [7, 11) is 0. The Hall–Kier alpha value is -4.00. The van der Waals surface area contributed by atoms with Gasteiger partial charge >= 0.3 is 5.97 Å². The van der Waals surface area contributed by atoms with Crippen molar-refractivity contribution in [2.75, 3.05) is 0 Å². The second-order valence-electron chi connectivity index (χ2n) is 5.55. The van der Waals surface area contributed by atoms with Crippen LogP contribution in [-0.4, -0.2) is 18.1 Å². The molecule has 0 fully saturated rings. The molecule has 2 aromatic carbocycles. The zero-order valence-electron chi connectivity index (χ0n) is 14.5. The number of hydrogen-bond acceptors (Lipinski definition) is 5. The van der Waals surface area contributed by atoms with Gasteiger partial charge in [0.25, 0.3) is 5.91 Å². The smallest absolute Gasteiger partial charge is 0.336 e. The number of nitrogens with one attached hydrogen (secondary N) is 1. The molecule has 140 valence electrons. The maximum atomic E-state index is 12.9. The standard InChI is InChI=1S/C21H15FN2O4/c22-17-8-6-16(7-9-17)21(26)24-23-14-15-3-1-4-19(13-15)28-20(25)11-10-18-5-2-12-27-18/h1-14H,(H,24,26)/b11-10+,23-14+. The molecule has 7 heteroatoms. The van der Waals surface area contributed by atoms with Crippen molar-refractivity contribution < 1.29 is 23.1 Å². The second kappa shape index (κ2) is 9.09. The van der Waals surface area contributed by atoms with Crippen molar-refractivity contribution in [3.05, 3.63) is 95.7 Å². The van der Waals surface area contributed by atoms with Crippen LogP contribution in [0.15, 0.2) is 82.5 Å². The fourth-order valence-corrected chi connectivity index (χ4v) is 2.18. The van der Waals surface area contributed by atoms with E-state index in [-0.39, 0.29) is 5.56 Å². The summed E-state index contributed by atoms with van der Waals surface area (Å²) in [6, 6.07) is 15.1. The maximum absolute atomic E-state index is 12.9. The van der Waals surface area contributed by atoms with E-state index in [1.807, 2.05) is 0 Å². The topological polar surface area (TPSA) is 80.9 Å². The van der Waals surface area contributed by atoms with Crippen molar-refractivity contribution in [3.63, 3.8) is 0 Å². The van der Waals surface area contributed by atoms with E-state index < -0.39 is 17.7 Å². The summed E-state index contributed by atoms with van der Waals surface area (Å²) in [5.41, 5.74) is 3.23. The van der Waals surface area contributed by atoms with Crippen molar-refractivity contribution >= 4 is 24.2 Å². The number of furan rings is 1. The highest BCUT2D eigenvalue weighted by molar-refractivity contribution is 5.95. The Morgan fingerprint density at radius 3 is 2.64 bits per heavy atom. The van der Waals surface area contributed by atoms with Gasteiger partial charge in [0.2, 0.25) is 0 Å². The van der Waals surface area contributed by atoms with Gasteiger partial charge in [0.1, 0.15) is 17.3 Å². The van der Waals surface area contributed by atoms with E-state index in [0.717, 1.165) is 0 Å². The van der Waals surface area contributed by atoms with Gasteiger partial charge in [-0.25, -0.2) is 14.6 Å². The summed E-state index contributed by atoms with van der Waals surface area (Å²) in [6.45, 7) is 0. The van der Waals surface area contributed by atoms with Crippen LogP contribution in [0.2, 0.25) is 0 Å². The van der Waals surface area contributed by atoms with Gasteiger partial charge in [0.05, 0.1) is 12.5 Å². The normalized spacial score (nSPS) is 11.0. The molecule has 6 nitrogen and oxygen atoms in total. The number of hydrazone groups is 1. The fourth-order valence-electron chi connectivity index (χ4n) is 2.18. The summed E-state index contributed by atoms with van der Waals surface area (Å²) in [4.78, 5) is 23.7. The second-order valence-corrected chi connectivity index (χ2v) is 5.55. The van der Waals surface area contributed by atoms with Crippen LogP contribution in [-0.2, 0) is 4.79 Å². The predicted octanol–water partition coefficient (Wildman–Crippen LogP) is 3.80. The highest BCUT2D eigenvalue weighted by atomic mass is 19.1. The van der Waals surface area contributed by atoms with Gasteiger partial charge in [-0.2, -0.15) is 5.10 Å². The van der Waals surface area contributed by atoms with Crippen LogP contribution in [0.4, 0.5) is 4.39 Å². The lowest BCUT2D eigenvalue weighted by Gasteiger charge is -2.02. The Morgan fingerprint density at radius 2 is 1.89 bits per heavy atom. The first-order chi connectivity index (χ1) is 13.6. The van der Waals surface area contributed by atoms with Crippen LogP contribution < -0.4 is 10.2 Å². The average molecular weight is 378 g/mol. The molecule has 0 unspecified atom stereocenters. The highest BCUT2D eigenvalue weighted by Crippen LogP contribution is 2.13. The summed E-state index contributed by atoms with van der Waals surface area (Å²) < 4.78 is 23.2. The van der Waals surface area contributed by atoms with E-state index in [2.05, 4.69) is 10.5 Å². The van der Waals surface area contributed by atoms with Crippen LogP contribution in [0.3, 0.4) is 0 Å². The lowest BCUT2D eigenvalue weighted by atomic mass is 10.2. The fraction of sp³-hybridized carbons (Fsp3) is 0. The van der Waals surface area contributed by atoms with Crippen molar-refractivity contribution in [3.8, 4) is 5.75 Å². The zero-order valence-corrected chi connectivity index (χ0v) is 14.5.